The van der Waals surface area contributed by atoms with Crippen LogP contribution in [0.1, 0.15) is 0 Å². The lowest BCUT2D eigenvalue weighted by Gasteiger charge is -2.14. The van der Waals surface area contributed by atoms with Crippen LogP contribution >= 0.6 is 11.3 Å². The second-order valence-corrected chi connectivity index (χ2v) is 7.46. The summed E-state index contributed by atoms with van der Waals surface area (Å²) in [4.78, 5) is 17.3. The number of nitrogens with one attached hydrogen (secondary N) is 2. The number of benzene rings is 3. The molecule has 0 saturated carbocycles. The van der Waals surface area contributed by atoms with Crippen LogP contribution in [0.25, 0.3) is 21.8 Å². The zero-order valence-electron chi connectivity index (χ0n) is 17.1. The monoisotopic (exact) mass is 431 g/mol. The van der Waals surface area contributed by atoms with E-state index in [1.165, 1.54) is 7.11 Å². The number of amides is 2. The van der Waals surface area contributed by atoms with Crippen LogP contribution in [0.5, 0.6) is 11.5 Å². The Balaban J connectivity index is 1.50. The number of nitrogens with zero attached hydrogens (tertiary/aromatic N) is 1. The summed E-state index contributed by atoms with van der Waals surface area (Å²) in [5.41, 5.74) is 4.05. The summed E-state index contributed by atoms with van der Waals surface area (Å²) in [5, 5.41) is 8.63. The van der Waals surface area contributed by atoms with Crippen molar-refractivity contribution in [2.75, 3.05) is 24.9 Å². The number of aromatic nitrogens is 1. The van der Waals surface area contributed by atoms with Gasteiger partial charge < -0.3 is 20.1 Å². The van der Waals surface area contributed by atoms with Gasteiger partial charge in [0.2, 0.25) is 0 Å². The van der Waals surface area contributed by atoms with Gasteiger partial charge in [-0.1, -0.05) is 48.5 Å². The van der Waals surface area contributed by atoms with E-state index in [0.717, 1.165) is 21.8 Å². The molecule has 7 heteroatoms. The Hall–Kier alpha value is -3.84. The Morgan fingerprint density at radius 2 is 1.65 bits per heavy atom. The van der Waals surface area contributed by atoms with E-state index in [4.69, 9.17) is 14.5 Å². The minimum Gasteiger partial charge on any atom is -0.493 e. The molecule has 0 aliphatic rings. The molecule has 0 saturated heterocycles. The van der Waals surface area contributed by atoms with E-state index in [9.17, 15) is 4.79 Å². The molecule has 0 atom stereocenters. The first kappa shape index (κ1) is 20.4. The Morgan fingerprint density at radius 1 is 0.871 bits per heavy atom. The first-order valence-corrected chi connectivity index (χ1v) is 10.5. The van der Waals surface area contributed by atoms with Crippen LogP contribution in [0, 0.1) is 0 Å². The molecular weight excluding hydrogens is 410 g/mol. The molecule has 31 heavy (non-hydrogen) atoms. The molecule has 4 rings (SSSR count). The smallest absolute Gasteiger partial charge is 0.323 e. The second-order valence-electron chi connectivity index (χ2n) is 6.60. The highest BCUT2D eigenvalue weighted by atomic mass is 32.1. The van der Waals surface area contributed by atoms with E-state index in [-0.39, 0.29) is 6.03 Å². The van der Waals surface area contributed by atoms with E-state index in [1.54, 1.807) is 36.6 Å². The van der Waals surface area contributed by atoms with E-state index >= 15 is 0 Å². The molecule has 0 aliphatic heterocycles. The fraction of sp³-hybridized carbons (Fsp3) is 0.0833. The zero-order valence-corrected chi connectivity index (χ0v) is 17.9. The van der Waals surface area contributed by atoms with Gasteiger partial charge in [-0.15, -0.1) is 11.3 Å². The molecule has 0 bridgehead atoms. The summed E-state index contributed by atoms with van der Waals surface area (Å²) >= 11 is 1.59. The topological polar surface area (TPSA) is 72.5 Å². The summed E-state index contributed by atoms with van der Waals surface area (Å²) < 4.78 is 10.6. The molecule has 2 amide bonds. The van der Waals surface area contributed by atoms with E-state index in [0.29, 0.717) is 22.9 Å². The van der Waals surface area contributed by atoms with E-state index < -0.39 is 0 Å². The lowest BCUT2D eigenvalue weighted by atomic mass is 10.1. The van der Waals surface area contributed by atoms with Gasteiger partial charge in [-0.3, -0.25) is 0 Å². The highest BCUT2D eigenvalue weighted by Crippen LogP contribution is 2.35. The van der Waals surface area contributed by atoms with Gasteiger partial charge in [-0.05, 0) is 24.3 Å². The number of hydrogen-bond acceptors (Lipinski definition) is 5. The van der Waals surface area contributed by atoms with Crippen LogP contribution in [-0.4, -0.2) is 25.2 Å². The third-order valence-corrected chi connectivity index (χ3v) is 5.48. The first-order chi connectivity index (χ1) is 15.2. The van der Waals surface area contributed by atoms with Gasteiger partial charge in [-0.25, -0.2) is 9.78 Å². The van der Waals surface area contributed by atoms with Crippen LogP contribution in [0.15, 0.2) is 78.2 Å². The van der Waals surface area contributed by atoms with Crippen molar-refractivity contribution < 1.29 is 14.3 Å². The molecule has 0 unspecified atom stereocenters. The maximum Gasteiger partial charge on any atom is 0.323 e. The maximum absolute atomic E-state index is 12.6. The van der Waals surface area contributed by atoms with Crippen LogP contribution in [0.4, 0.5) is 16.2 Å². The summed E-state index contributed by atoms with van der Waals surface area (Å²) in [7, 11) is 3.08. The second kappa shape index (κ2) is 9.32. The Kier molecular flexibility index (Phi) is 6.14. The van der Waals surface area contributed by atoms with Crippen LogP contribution in [0.3, 0.4) is 0 Å². The molecule has 4 aromatic rings. The van der Waals surface area contributed by atoms with Gasteiger partial charge in [0.25, 0.3) is 0 Å². The average Bonchev–Trinajstić information content (AvgIpc) is 3.30. The van der Waals surface area contributed by atoms with Gasteiger partial charge in [-0.2, -0.15) is 0 Å². The first-order valence-electron chi connectivity index (χ1n) is 9.58. The number of hydrogen-bond donors (Lipinski definition) is 2. The standard InChI is InChI=1S/C24H21N3O3S/c1-29-21-13-7-12-19(22(21)30-2)27-24(28)25-18-11-6-10-17(14-18)20-15-31-23(26-20)16-8-4-3-5-9-16/h3-15H,1-2H3,(H2,25,27,28). The normalized spacial score (nSPS) is 10.4. The number of urea groups is 1. The molecule has 156 valence electrons. The number of thiazole rings is 1. The van der Waals surface area contributed by atoms with Gasteiger partial charge in [0, 0.05) is 22.2 Å². The SMILES string of the molecule is COc1cccc(NC(=O)Nc2cccc(-c3csc(-c4ccccc4)n3)c2)c1OC. The molecule has 1 heterocycles. The summed E-state index contributed by atoms with van der Waals surface area (Å²) in [6.07, 6.45) is 0. The van der Waals surface area contributed by atoms with E-state index in [1.807, 2.05) is 60.0 Å². The Morgan fingerprint density at radius 3 is 2.42 bits per heavy atom. The highest BCUT2D eigenvalue weighted by molar-refractivity contribution is 7.13. The van der Waals surface area contributed by atoms with E-state index in [2.05, 4.69) is 10.6 Å². The third-order valence-electron chi connectivity index (χ3n) is 4.59. The minimum atomic E-state index is -0.382. The molecule has 0 radical (unpaired) electrons. The number of para-hydroxylation sites is 1. The van der Waals surface area contributed by atoms with Crippen molar-refractivity contribution in [3.8, 4) is 33.3 Å². The average molecular weight is 432 g/mol. The summed E-state index contributed by atoms with van der Waals surface area (Å²) in [5.74, 6) is 1.00. The Bertz CT molecular complexity index is 1190. The molecule has 0 aliphatic carbocycles. The van der Waals surface area contributed by atoms with Crippen molar-refractivity contribution >= 4 is 28.7 Å². The highest BCUT2D eigenvalue weighted by Gasteiger charge is 2.13. The molecule has 0 fully saturated rings. The van der Waals surface area contributed by atoms with Crippen LogP contribution < -0.4 is 20.1 Å². The van der Waals surface area contributed by atoms with Crippen molar-refractivity contribution in [3.63, 3.8) is 0 Å². The quantitative estimate of drug-likeness (QED) is 0.385. The number of anilines is 2. The fourth-order valence-electron chi connectivity index (χ4n) is 3.15. The minimum absolute atomic E-state index is 0.382. The van der Waals surface area contributed by atoms with Gasteiger partial charge in [0.05, 0.1) is 25.6 Å². The lowest BCUT2D eigenvalue weighted by Crippen LogP contribution is -2.19. The number of carbonyl (C=O) groups is 1. The van der Waals surface area contributed by atoms with Crippen molar-refractivity contribution in [3.05, 3.63) is 78.2 Å². The summed E-state index contributed by atoms with van der Waals surface area (Å²) in [6.45, 7) is 0. The van der Waals surface area contributed by atoms with Crippen molar-refractivity contribution in [2.24, 2.45) is 0 Å². The molecule has 0 spiro atoms. The van der Waals surface area contributed by atoms with Crippen molar-refractivity contribution in [2.45, 2.75) is 0 Å². The molecule has 6 nitrogen and oxygen atoms in total. The lowest BCUT2D eigenvalue weighted by molar-refractivity contribution is 0.262. The largest absolute Gasteiger partial charge is 0.493 e. The number of rotatable bonds is 6. The maximum atomic E-state index is 12.6. The van der Waals surface area contributed by atoms with Crippen molar-refractivity contribution in [1.82, 2.24) is 4.98 Å². The zero-order chi connectivity index (χ0) is 21.6. The van der Waals surface area contributed by atoms with Crippen molar-refractivity contribution in [1.29, 1.82) is 0 Å². The fourth-order valence-corrected chi connectivity index (χ4v) is 3.98. The molecule has 1 aromatic heterocycles. The number of ether oxygens (including phenoxy) is 2. The summed E-state index contributed by atoms with van der Waals surface area (Å²) in [6, 6.07) is 22.6. The molecule has 3 aromatic carbocycles. The van der Waals surface area contributed by atoms with Crippen LogP contribution in [-0.2, 0) is 0 Å². The Labute approximate surface area is 184 Å². The van der Waals surface area contributed by atoms with Crippen LogP contribution in [0.2, 0.25) is 0 Å². The van der Waals surface area contributed by atoms with Gasteiger partial charge in [0.15, 0.2) is 11.5 Å². The predicted molar refractivity (Wildman–Crippen MR) is 125 cm³/mol. The molecule has 2 N–H and O–H groups in total. The predicted octanol–water partition coefficient (Wildman–Crippen LogP) is 6.14. The van der Waals surface area contributed by atoms with Gasteiger partial charge in [0.1, 0.15) is 5.01 Å². The van der Waals surface area contributed by atoms with Gasteiger partial charge >= 0.3 is 6.03 Å². The number of methoxy groups -OCH3 is 2. The molecular formula is C24H21N3O3S. The third kappa shape index (κ3) is 4.67. The number of carbonyl (C=O) groups excluding carboxylic acids is 1.